The van der Waals surface area contributed by atoms with Gasteiger partial charge in [-0.1, -0.05) is 19.9 Å². The molecule has 0 saturated carbocycles. The number of aromatic nitrogens is 5. The van der Waals surface area contributed by atoms with E-state index in [1.807, 2.05) is 36.4 Å². The summed E-state index contributed by atoms with van der Waals surface area (Å²) in [4.78, 5) is 24.2. The lowest BCUT2D eigenvalue weighted by Gasteiger charge is -2.32. The van der Waals surface area contributed by atoms with E-state index in [4.69, 9.17) is 4.98 Å². The van der Waals surface area contributed by atoms with Crippen LogP contribution < -0.4 is 0 Å². The third kappa shape index (κ3) is 3.44. The molecule has 7 nitrogen and oxygen atoms in total. The molecule has 1 N–H and O–H groups in total. The molecular weight excluding hydrogens is 352 g/mol. The van der Waals surface area contributed by atoms with Gasteiger partial charge in [-0.3, -0.25) is 14.5 Å². The van der Waals surface area contributed by atoms with Crippen molar-refractivity contribution in [3.8, 4) is 5.82 Å². The first-order valence-corrected chi connectivity index (χ1v) is 9.84. The number of carbonyl (C=O) groups is 1. The molecule has 1 atom stereocenters. The Morgan fingerprint density at radius 1 is 1.32 bits per heavy atom. The third-order valence-corrected chi connectivity index (χ3v) is 5.38. The minimum Gasteiger partial charge on any atom is -0.338 e. The number of amides is 1. The highest BCUT2D eigenvalue weighted by atomic mass is 16.2. The van der Waals surface area contributed by atoms with Crippen LogP contribution in [0.1, 0.15) is 66.1 Å². The highest BCUT2D eigenvalue weighted by Crippen LogP contribution is 2.28. The molecule has 1 amide bonds. The van der Waals surface area contributed by atoms with Crippen LogP contribution in [-0.4, -0.2) is 48.6 Å². The molecule has 3 aromatic heterocycles. The fraction of sp³-hybridized carbons (Fsp3) is 0.429. The van der Waals surface area contributed by atoms with E-state index in [9.17, 15) is 4.79 Å². The lowest BCUT2D eigenvalue weighted by Crippen LogP contribution is -2.39. The van der Waals surface area contributed by atoms with Crippen LogP contribution in [0.2, 0.25) is 0 Å². The molecule has 0 aromatic carbocycles. The van der Waals surface area contributed by atoms with Gasteiger partial charge >= 0.3 is 0 Å². The first-order chi connectivity index (χ1) is 13.5. The molecule has 0 radical (unpaired) electrons. The maximum absolute atomic E-state index is 12.9. The van der Waals surface area contributed by atoms with Gasteiger partial charge in [0.05, 0.1) is 11.8 Å². The molecule has 1 saturated heterocycles. The van der Waals surface area contributed by atoms with Crippen LogP contribution in [0.15, 0.2) is 36.8 Å². The summed E-state index contributed by atoms with van der Waals surface area (Å²) >= 11 is 0. The van der Waals surface area contributed by atoms with Crippen molar-refractivity contribution >= 4 is 5.91 Å². The molecule has 146 valence electrons. The number of hydrogen-bond acceptors (Lipinski definition) is 4. The molecule has 1 unspecified atom stereocenters. The SMILES string of the molecule is Cc1[nH]ncc1C(=O)N1CCCC(c2cccc(-n3ccnc3C(C)C)n2)C1. The van der Waals surface area contributed by atoms with Crippen molar-refractivity contribution in [1.29, 1.82) is 0 Å². The van der Waals surface area contributed by atoms with Gasteiger partial charge in [0.1, 0.15) is 11.6 Å². The Morgan fingerprint density at radius 2 is 2.18 bits per heavy atom. The Labute approximate surface area is 164 Å². The van der Waals surface area contributed by atoms with E-state index in [-0.39, 0.29) is 11.8 Å². The lowest BCUT2D eigenvalue weighted by molar-refractivity contribution is 0.0705. The minimum absolute atomic E-state index is 0.0452. The second-order valence-corrected chi connectivity index (χ2v) is 7.73. The molecule has 4 rings (SSSR count). The number of aryl methyl sites for hydroxylation is 1. The average Bonchev–Trinajstić information content (AvgIpc) is 3.37. The van der Waals surface area contributed by atoms with Crippen molar-refractivity contribution in [3.05, 3.63) is 59.6 Å². The number of carbonyl (C=O) groups excluding carboxylic acids is 1. The summed E-state index contributed by atoms with van der Waals surface area (Å²) in [7, 11) is 0. The zero-order chi connectivity index (χ0) is 19.7. The average molecular weight is 378 g/mol. The van der Waals surface area contributed by atoms with Crippen molar-refractivity contribution in [2.45, 2.75) is 45.4 Å². The molecule has 4 heterocycles. The number of piperidine rings is 1. The predicted octanol–water partition coefficient (Wildman–Crippen LogP) is 3.44. The quantitative estimate of drug-likeness (QED) is 0.754. The number of nitrogens with one attached hydrogen (secondary N) is 1. The van der Waals surface area contributed by atoms with Gasteiger partial charge in [-0.15, -0.1) is 0 Å². The van der Waals surface area contributed by atoms with E-state index < -0.39 is 0 Å². The number of rotatable bonds is 4. The lowest BCUT2D eigenvalue weighted by atomic mass is 9.93. The Balaban J connectivity index is 1.57. The standard InChI is InChI=1S/C21H26N6O/c1-14(2)20-22-9-11-27(20)19-8-4-7-18(24-19)16-6-5-10-26(13-16)21(28)17-12-23-25-15(17)3/h4,7-9,11-12,14,16H,5-6,10,13H2,1-3H3,(H,23,25). The zero-order valence-corrected chi connectivity index (χ0v) is 16.6. The van der Waals surface area contributed by atoms with E-state index in [1.54, 1.807) is 6.20 Å². The Bertz CT molecular complexity index is 973. The Kier molecular flexibility index (Phi) is 4.98. The van der Waals surface area contributed by atoms with Crippen molar-refractivity contribution in [1.82, 2.24) is 29.6 Å². The summed E-state index contributed by atoms with van der Waals surface area (Å²) in [5.41, 5.74) is 2.50. The van der Waals surface area contributed by atoms with Crippen LogP contribution in [0.3, 0.4) is 0 Å². The van der Waals surface area contributed by atoms with Gasteiger partial charge in [0.15, 0.2) is 0 Å². The van der Waals surface area contributed by atoms with Crippen LogP contribution in [0.4, 0.5) is 0 Å². The minimum atomic E-state index is 0.0452. The molecule has 1 aliphatic heterocycles. The summed E-state index contributed by atoms with van der Waals surface area (Å²) in [5, 5.41) is 6.83. The van der Waals surface area contributed by atoms with Crippen LogP contribution >= 0.6 is 0 Å². The monoisotopic (exact) mass is 378 g/mol. The first kappa shape index (κ1) is 18.4. The van der Waals surface area contributed by atoms with E-state index in [1.165, 1.54) is 0 Å². The van der Waals surface area contributed by atoms with Gasteiger partial charge in [0.2, 0.25) is 0 Å². The van der Waals surface area contributed by atoms with Gasteiger partial charge in [-0.2, -0.15) is 5.10 Å². The molecule has 1 fully saturated rings. The number of imidazole rings is 1. The summed E-state index contributed by atoms with van der Waals surface area (Å²) in [5.74, 6) is 2.48. The van der Waals surface area contributed by atoms with E-state index in [0.29, 0.717) is 18.0 Å². The van der Waals surface area contributed by atoms with Gasteiger partial charge in [-0.05, 0) is 31.9 Å². The van der Waals surface area contributed by atoms with E-state index in [2.05, 4.69) is 39.7 Å². The molecule has 0 aliphatic carbocycles. The van der Waals surface area contributed by atoms with Gasteiger partial charge in [0.25, 0.3) is 5.91 Å². The van der Waals surface area contributed by atoms with E-state index in [0.717, 1.165) is 42.4 Å². The van der Waals surface area contributed by atoms with Crippen LogP contribution in [0.25, 0.3) is 5.82 Å². The highest BCUT2D eigenvalue weighted by molar-refractivity contribution is 5.95. The topological polar surface area (TPSA) is 79.7 Å². The largest absolute Gasteiger partial charge is 0.338 e. The number of likely N-dealkylation sites (tertiary alicyclic amines) is 1. The normalized spacial score (nSPS) is 17.3. The smallest absolute Gasteiger partial charge is 0.257 e. The second-order valence-electron chi connectivity index (χ2n) is 7.73. The molecule has 1 aliphatic rings. The van der Waals surface area contributed by atoms with Gasteiger partial charge in [-0.25, -0.2) is 9.97 Å². The zero-order valence-electron chi connectivity index (χ0n) is 16.6. The predicted molar refractivity (Wildman–Crippen MR) is 107 cm³/mol. The molecule has 28 heavy (non-hydrogen) atoms. The van der Waals surface area contributed by atoms with Crippen LogP contribution in [-0.2, 0) is 0 Å². The van der Waals surface area contributed by atoms with Crippen LogP contribution in [0, 0.1) is 6.92 Å². The first-order valence-electron chi connectivity index (χ1n) is 9.84. The van der Waals surface area contributed by atoms with Gasteiger partial charge < -0.3 is 4.90 Å². The fourth-order valence-electron chi connectivity index (χ4n) is 3.88. The maximum atomic E-state index is 12.9. The number of H-pyrrole nitrogens is 1. The third-order valence-electron chi connectivity index (χ3n) is 5.38. The van der Waals surface area contributed by atoms with Crippen molar-refractivity contribution in [3.63, 3.8) is 0 Å². The second kappa shape index (κ2) is 7.58. The van der Waals surface area contributed by atoms with Crippen molar-refractivity contribution in [2.75, 3.05) is 13.1 Å². The summed E-state index contributed by atoms with van der Waals surface area (Å²) in [6.45, 7) is 7.60. The summed E-state index contributed by atoms with van der Waals surface area (Å²) in [6, 6.07) is 6.12. The molecule has 7 heteroatoms. The highest BCUT2D eigenvalue weighted by Gasteiger charge is 2.27. The summed E-state index contributed by atoms with van der Waals surface area (Å²) in [6.07, 6.45) is 7.40. The molecular formula is C21H26N6O. The van der Waals surface area contributed by atoms with E-state index >= 15 is 0 Å². The van der Waals surface area contributed by atoms with Crippen molar-refractivity contribution in [2.24, 2.45) is 0 Å². The fourth-order valence-corrected chi connectivity index (χ4v) is 3.88. The van der Waals surface area contributed by atoms with Crippen molar-refractivity contribution < 1.29 is 4.79 Å². The molecule has 0 bridgehead atoms. The Hall–Kier alpha value is -2.96. The maximum Gasteiger partial charge on any atom is 0.257 e. The number of pyridine rings is 1. The number of hydrogen-bond donors (Lipinski definition) is 1. The Morgan fingerprint density at radius 3 is 2.93 bits per heavy atom. The number of aromatic amines is 1. The molecule has 3 aromatic rings. The van der Waals surface area contributed by atoms with Gasteiger partial charge in [0, 0.05) is 48.7 Å². The number of nitrogens with zero attached hydrogens (tertiary/aromatic N) is 5. The van der Waals surface area contributed by atoms with Crippen LogP contribution in [0.5, 0.6) is 0 Å². The summed E-state index contributed by atoms with van der Waals surface area (Å²) < 4.78 is 2.05. The molecule has 0 spiro atoms.